The molecule has 9 nitrogen and oxygen atoms in total. The first kappa shape index (κ1) is 21.0. The van der Waals surface area contributed by atoms with E-state index in [1.54, 1.807) is 31.1 Å². The van der Waals surface area contributed by atoms with E-state index in [-0.39, 0.29) is 12.2 Å². The van der Waals surface area contributed by atoms with Crippen LogP contribution >= 0.6 is 0 Å². The van der Waals surface area contributed by atoms with Gasteiger partial charge in [0, 0.05) is 18.3 Å². The number of ether oxygens (including phenoxy) is 1. The molecule has 3 N–H and O–H groups in total. The molecule has 0 saturated carbocycles. The summed E-state index contributed by atoms with van der Waals surface area (Å²) in [6, 6.07) is 9.78. The average Bonchev–Trinajstić information content (AvgIpc) is 3.40. The number of hydrogen-bond acceptors (Lipinski definition) is 7. The number of carbonyl (C=O) groups excluding carboxylic acids is 1. The molecule has 1 atom stereocenters. The molecule has 0 spiro atoms. The molecule has 1 aromatic carbocycles. The van der Waals surface area contributed by atoms with E-state index in [4.69, 9.17) is 10.5 Å². The number of aromatic nitrogens is 4. The lowest BCUT2D eigenvalue weighted by molar-refractivity contribution is 0.0737. The van der Waals surface area contributed by atoms with Crippen molar-refractivity contribution in [2.24, 2.45) is 5.73 Å². The van der Waals surface area contributed by atoms with Crippen LogP contribution in [0, 0.1) is 0 Å². The van der Waals surface area contributed by atoms with Crippen LogP contribution in [0.2, 0.25) is 0 Å². The quantitative estimate of drug-likeness (QED) is 0.626. The van der Waals surface area contributed by atoms with Gasteiger partial charge in [0.2, 0.25) is 0 Å². The van der Waals surface area contributed by atoms with Gasteiger partial charge < -0.3 is 15.6 Å². The van der Waals surface area contributed by atoms with Gasteiger partial charge in [-0.05, 0) is 55.7 Å². The van der Waals surface area contributed by atoms with E-state index in [1.165, 1.54) is 4.68 Å². The number of amides is 1. The van der Waals surface area contributed by atoms with Gasteiger partial charge in [-0.2, -0.15) is 0 Å². The molecule has 2 aromatic heterocycles. The lowest BCUT2D eigenvalue weighted by Crippen LogP contribution is -2.28. The summed E-state index contributed by atoms with van der Waals surface area (Å²) in [5, 5.41) is 18.1. The minimum Gasteiger partial charge on any atom is -0.443 e. The number of nitrogens with zero attached hydrogens (tertiary/aromatic N) is 5. The second-order valence-corrected chi connectivity index (χ2v) is 8.06. The molecule has 4 rings (SSSR count). The fourth-order valence-corrected chi connectivity index (χ4v) is 3.50. The van der Waals surface area contributed by atoms with Crippen molar-refractivity contribution in [2.75, 3.05) is 18.0 Å². The van der Waals surface area contributed by atoms with Gasteiger partial charge in [-0.15, -0.1) is 5.10 Å². The maximum Gasteiger partial charge on any atom is 0.414 e. The van der Waals surface area contributed by atoms with Crippen molar-refractivity contribution < 1.29 is 14.6 Å². The first-order chi connectivity index (χ1) is 14.8. The van der Waals surface area contributed by atoms with Gasteiger partial charge in [-0.25, -0.2) is 14.5 Å². The summed E-state index contributed by atoms with van der Waals surface area (Å²) in [7, 11) is 0. The van der Waals surface area contributed by atoms with Crippen LogP contribution in [0.15, 0.2) is 42.7 Å². The van der Waals surface area contributed by atoms with Gasteiger partial charge in [-0.1, -0.05) is 18.2 Å². The normalized spacial score (nSPS) is 16.6. The fraction of sp³-hybridized carbons (Fsp3) is 0.364. The minimum absolute atomic E-state index is 0.276. The summed E-state index contributed by atoms with van der Waals surface area (Å²) in [6.07, 6.45) is 3.56. The lowest BCUT2D eigenvalue weighted by atomic mass is 10.0. The summed E-state index contributed by atoms with van der Waals surface area (Å²) in [5.41, 5.74) is 8.88. The molecule has 0 bridgehead atoms. The third-order valence-corrected chi connectivity index (χ3v) is 5.32. The molecule has 3 aromatic rings. The molecule has 1 aliphatic heterocycles. The van der Waals surface area contributed by atoms with Crippen LogP contribution in [0.3, 0.4) is 0 Å². The Labute approximate surface area is 180 Å². The SMILES string of the molecule is CCc1cc(-c2ccc(-n3cc(C(C)(C)O)nn3)nc2)ccc1N1CC(CN)OC1=O. The number of aryl methyl sites for hydroxylation is 1. The van der Waals surface area contributed by atoms with Crippen molar-refractivity contribution in [1.29, 1.82) is 0 Å². The Hall–Kier alpha value is -3.30. The fourth-order valence-electron chi connectivity index (χ4n) is 3.50. The Morgan fingerprint density at radius 2 is 2.03 bits per heavy atom. The summed E-state index contributed by atoms with van der Waals surface area (Å²) in [5.74, 6) is 0.603. The third kappa shape index (κ3) is 4.14. The van der Waals surface area contributed by atoms with E-state index in [0.717, 1.165) is 28.8 Å². The van der Waals surface area contributed by atoms with Crippen LogP contribution in [0.1, 0.15) is 32.0 Å². The molecular formula is C22H26N6O3. The Bertz CT molecular complexity index is 1090. The Morgan fingerprint density at radius 1 is 1.26 bits per heavy atom. The van der Waals surface area contributed by atoms with E-state index < -0.39 is 5.60 Å². The number of pyridine rings is 1. The highest BCUT2D eigenvalue weighted by Gasteiger charge is 2.32. The molecule has 1 aliphatic rings. The first-order valence-electron chi connectivity index (χ1n) is 10.2. The van der Waals surface area contributed by atoms with Crippen molar-refractivity contribution in [3.63, 3.8) is 0 Å². The highest BCUT2D eigenvalue weighted by atomic mass is 16.6. The predicted molar refractivity (Wildman–Crippen MR) is 116 cm³/mol. The molecule has 1 fully saturated rings. The smallest absolute Gasteiger partial charge is 0.414 e. The van der Waals surface area contributed by atoms with Crippen LogP contribution in [0.25, 0.3) is 16.9 Å². The summed E-state index contributed by atoms with van der Waals surface area (Å²) >= 11 is 0. The number of nitrogens with two attached hydrogens (primary N) is 1. The topological polar surface area (TPSA) is 119 Å². The predicted octanol–water partition coefficient (Wildman–Crippen LogP) is 2.40. The van der Waals surface area contributed by atoms with E-state index in [9.17, 15) is 9.90 Å². The molecule has 1 saturated heterocycles. The van der Waals surface area contributed by atoms with Crippen molar-refractivity contribution >= 4 is 11.8 Å². The van der Waals surface area contributed by atoms with Crippen LogP contribution in [0.5, 0.6) is 0 Å². The van der Waals surface area contributed by atoms with Crippen molar-refractivity contribution in [2.45, 2.75) is 38.9 Å². The third-order valence-electron chi connectivity index (χ3n) is 5.32. The molecule has 1 amide bonds. The van der Waals surface area contributed by atoms with Gasteiger partial charge in [0.25, 0.3) is 0 Å². The zero-order chi connectivity index (χ0) is 22.2. The largest absolute Gasteiger partial charge is 0.443 e. The Kier molecular flexibility index (Phi) is 5.47. The van der Waals surface area contributed by atoms with Crippen LogP contribution in [0.4, 0.5) is 10.5 Å². The van der Waals surface area contributed by atoms with Gasteiger partial charge in [0.1, 0.15) is 17.4 Å². The molecule has 3 heterocycles. The maximum absolute atomic E-state index is 12.2. The molecule has 0 aliphatic carbocycles. The van der Waals surface area contributed by atoms with E-state index in [0.29, 0.717) is 24.6 Å². The second kappa shape index (κ2) is 8.09. The van der Waals surface area contributed by atoms with Gasteiger partial charge in [0.15, 0.2) is 5.82 Å². The monoisotopic (exact) mass is 422 g/mol. The minimum atomic E-state index is -1.07. The highest BCUT2D eigenvalue weighted by Crippen LogP contribution is 2.30. The molecule has 0 radical (unpaired) electrons. The number of rotatable bonds is 6. The zero-order valence-corrected chi connectivity index (χ0v) is 17.8. The number of cyclic esters (lactones) is 1. The zero-order valence-electron chi connectivity index (χ0n) is 17.8. The van der Waals surface area contributed by atoms with Crippen molar-refractivity contribution in [3.8, 4) is 16.9 Å². The standard InChI is InChI=1S/C22H26N6O3/c1-4-14-9-15(5-7-18(14)27-12-17(10-23)31-21(27)29)16-6-8-20(24-11-16)28-13-19(25-26-28)22(2,3)30/h5-9,11,13,17,30H,4,10,12,23H2,1-3H3. The lowest BCUT2D eigenvalue weighted by Gasteiger charge is -2.18. The first-order valence-corrected chi connectivity index (χ1v) is 10.2. The highest BCUT2D eigenvalue weighted by molar-refractivity contribution is 5.91. The number of hydrogen-bond donors (Lipinski definition) is 2. The summed E-state index contributed by atoms with van der Waals surface area (Å²) in [4.78, 5) is 18.3. The van der Waals surface area contributed by atoms with Gasteiger partial charge in [-0.3, -0.25) is 4.90 Å². The van der Waals surface area contributed by atoms with E-state index >= 15 is 0 Å². The molecule has 1 unspecified atom stereocenters. The van der Waals surface area contributed by atoms with Crippen molar-refractivity contribution in [1.82, 2.24) is 20.0 Å². The molecule has 9 heteroatoms. The van der Waals surface area contributed by atoms with Gasteiger partial charge >= 0.3 is 6.09 Å². The number of carbonyl (C=O) groups is 1. The van der Waals surface area contributed by atoms with E-state index in [2.05, 4.69) is 28.3 Å². The number of benzene rings is 1. The Balaban J connectivity index is 1.59. The molecule has 31 heavy (non-hydrogen) atoms. The maximum atomic E-state index is 12.2. The van der Waals surface area contributed by atoms with Crippen LogP contribution < -0.4 is 10.6 Å². The number of aliphatic hydroxyl groups is 1. The van der Waals surface area contributed by atoms with Crippen LogP contribution in [-0.4, -0.2) is 50.4 Å². The van der Waals surface area contributed by atoms with Crippen LogP contribution in [-0.2, 0) is 16.8 Å². The Morgan fingerprint density at radius 3 is 2.61 bits per heavy atom. The second-order valence-electron chi connectivity index (χ2n) is 8.06. The van der Waals surface area contributed by atoms with Gasteiger partial charge in [0.05, 0.1) is 18.4 Å². The molecular weight excluding hydrogens is 396 g/mol. The molecule has 162 valence electrons. The summed E-state index contributed by atoms with van der Waals surface area (Å²) in [6.45, 7) is 6.14. The summed E-state index contributed by atoms with van der Waals surface area (Å²) < 4.78 is 6.82. The van der Waals surface area contributed by atoms with E-state index in [1.807, 2.05) is 24.3 Å². The van der Waals surface area contributed by atoms with Crippen molar-refractivity contribution in [3.05, 3.63) is 54.0 Å². The average molecular weight is 422 g/mol. The number of anilines is 1.